The Morgan fingerprint density at radius 3 is 1.88 bits per heavy atom. The minimum absolute atomic E-state index is 0.199. The first-order valence-electron chi connectivity index (χ1n) is 7.06. The zero-order valence-corrected chi connectivity index (χ0v) is 10.9. The van der Waals surface area contributed by atoms with Crippen LogP contribution in [0.4, 0.5) is 4.39 Å². The van der Waals surface area contributed by atoms with Crippen molar-refractivity contribution < 1.29 is 9.50 Å². The summed E-state index contributed by atoms with van der Waals surface area (Å²) in [6.07, 6.45) is 11.1. The SMILES string of the molecule is CCCCCCCCC[C@@H](F)CCCCO. The number of alkyl halides is 1. The minimum atomic E-state index is -0.637. The van der Waals surface area contributed by atoms with E-state index in [0.717, 1.165) is 25.7 Å². The van der Waals surface area contributed by atoms with Crippen LogP contribution in [0.5, 0.6) is 0 Å². The number of unbranched alkanes of at least 4 members (excludes halogenated alkanes) is 7. The van der Waals surface area contributed by atoms with Crippen LogP contribution in [0.25, 0.3) is 0 Å². The van der Waals surface area contributed by atoms with Crippen LogP contribution in [0.3, 0.4) is 0 Å². The zero-order chi connectivity index (χ0) is 12.1. The van der Waals surface area contributed by atoms with Crippen molar-refractivity contribution in [2.24, 2.45) is 0 Å². The molecule has 0 aliphatic heterocycles. The molecule has 0 radical (unpaired) electrons. The molecular weight excluding hydrogens is 203 g/mol. The van der Waals surface area contributed by atoms with Crippen LogP contribution in [-0.4, -0.2) is 17.9 Å². The molecule has 0 aromatic heterocycles. The van der Waals surface area contributed by atoms with Gasteiger partial charge in [0.2, 0.25) is 0 Å². The Hall–Kier alpha value is -0.110. The summed E-state index contributed by atoms with van der Waals surface area (Å²) < 4.78 is 13.3. The Bertz CT molecular complexity index is 128. The van der Waals surface area contributed by atoms with E-state index in [1.54, 1.807) is 0 Å². The van der Waals surface area contributed by atoms with Gasteiger partial charge in [-0.2, -0.15) is 0 Å². The van der Waals surface area contributed by atoms with Crippen molar-refractivity contribution in [3.8, 4) is 0 Å². The highest BCUT2D eigenvalue weighted by atomic mass is 19.1. The van der Waals surface area contributed by atoms with Gasteiger partial charge in [0.1, 0.15) is 6.17 Å². The molecule has 0 aromatic carbocycles. The maximum absolute atomic E-state index is 13.3. The average Bonchev–Trinajstić information content (AvgIpc) is 2.28. The van der Waals surface area contributed by atoms with E-state index in [1.165, 1.54) is 38.5 Å². The molecule has 0 aromatic rings. The number of halogens is 1. The summed E-state index contributed by atoms with van der Waals surface area (Å²) >= 11 is 0. The van der Waals surface area contributed by atoms with Crippen LogP contribution < -0.4 is 0 Å². The third kappa shape index (κ3) is 12.0. The third-order valence-corrected chi connectivity index (χ3v) is 3.05. The Morgan fingerprint density at radius 2 is 1.31 bits per heavy atom. The molecule has 1 nitrogen and oxygen atoms in total. The normalized spacial score (nSPS) is 12.9. The molecule has 2 heteroatoms. The van der Waals surface area contributed by atoms with Gasteiger partial charge in [-0.3, -0.25) is 0 Å². The van der Waals surface area contributed by atoms with Gasteiger partial charge in [-0.1, -0.05) is 51.9 Å². The highest BCUT2D eigenvalue weighted by molar-refractivity contribution is 4.57. The second-order valence-corrected chi connectivity index (χ2v) is 4.73. The highest BCUT2D eigenvalue weighted by Gasteiger charge is 2.05. The highest BCUT2D eigenvalue weighted by Crippen LogP contribution is 2.14. The quantitative estimate of drug-likeness (QED) is 0.486. The molecule has 0 heterocycles. The van der Waals surface area contributed by atoms with E-state index in [-0.39, 0.29) is 6.61 Å². The molecule has 0 unspecified atom stereocenters. The molecule has 0 amide bonds. The van der Waals surface area contributed by atoms with E-state index in [0.29, 0.717) is 6.42 Å². The largest absolute Gasteiger partial charge is 0.396 e. The van der Waals surface area contributed by atoms with E-state index in [2.05, 4.69) is 6.92 Å². The Morgan fingerprint density at radius 1 is 0.812 bits per heavy atom. The van der Waals surface area contributed by atoms with E-state index in [1.807, 2.05) is 0 Å². The molecule has 0 spiro atoms. The van der Waals surface area contributed by atoms with E-state index in [9.17, 15) is 4.39 Å². The van der Waals surface area contributed by atoms with Gasteiger partial charge in [-0.05, 0) is 25.7 Å². The first-order chi connectivity index (χ1) is 7.81. The lowest BCUT2D eigenvalue weighted by Gasteiger charge is -2.07. The fraction of sp³-hybridized carbons (Fsp3) is 1.00. The van der Waals surface area contributed by atoms with Gasteiger partial charge < -0.3 is 5.11 Å². The molecule has 1 atom stereocenters. The predicted octanol–water partition coefficient (Wildman–Crippen LogP) is 4.63. The summed E-state index contributed by atoms with van der Waals surface area (Å²) in [5.74, 6) is 0. The third-order valence-electron chi connectivity index (χ3n) is 3.05. The second-order valence-electron chi connectivity index (χ2n) is 4.73. The van der Waals surface area contributed by atoms with Crippen molar-refractivity contribution >= 4 is 0 Å². The van der Waals surface area contributed by atoms with E-state index in [4.69, 9.17) is 5.11 Å². The molecule has 0 rings (SSSR count). The monoisotopic (exact) mass is 232 g/mol. The zero-order valence-electron chi connectivity index (χ0n) is 10.9. The smallest absolute Gasteiger partial charge is 0.100 e. The Kier molecular flexibility index (Phi) is 12.9. The molecule has 0 aliphatic carbocycles. The molecular formula is C14H29FO. The number of aliphatic hydroxyl groups is 1. The van der Waals surface area contributed by atoms with Gasteiger partial charge >= 0.3 is 0 Å². The van der Waals surface area contributed by atoms with Gasteiger partial charge in [-0.15, -0.1) is 0 Å². The molecule has 98 valence electrons. The maximum atomic E-state index is 13.3. The van der Waals surface area contributed by atoms with Crippen LogP contribution >= 0.6 is 0 Å². The topological polar surface area (TPSA) is 20.2 Å². The summed E-state index contributed by atoms with van der Waals surface area (Å²) in [5, 5.41) is 8.57. The lowest BCUT2D eigenvalue weighted by atomic mass is 10.0. The van der Waals surface area contributed by atoms with Crippen molar-refractivity contribution in [3.05, 3.63) is 0 Å². The lowest BCUT2D eigenvalue weighted by molar-refractivity contribution is 0.251. The van der Waals surface area contributed by atoms with Gasteiger partial charge in [0.25, 0.3) is 0 Å². The van der Waals surface area contributed by atoms with Crippen molar-refractivity contribution in [3.63, 3.8) is 0 Å². The van der Waals surface area contributed by atoms with Crippen LogP contribution in [0.2, 0.25) is 0 Å². The molecule has 0 saturated carbocycles. The van der Waals surface area contributed by atoms with Gasteiger partial charge in [0.15, 0.2) is 0 Å². The average molecular weight is 232 g/mol. The van der Waals surface area contributed by atoms with E-state index < -0.39 is 6.17 Å². The predicted molar refractivity (Wildman–Crippen MR) is 68.4 cm³/mol. The first-order valence-corrected chi connectivity index (χ1v) is 7.06. The van der Waals surface area contributed by atoms with Crippen molar-refractivity contribution in [2.75, 3.05) is 6.61 Å². The van der Waals surface area contributed by atoms with Gasteiger partial charge in [-0.25, -0.2) is 4.39 Å². The molecule has 0 fully saturated rings. The number of hydrogen-bond acceptors (Lipinski definition) is 1. The summed E-state index contributed by atoms with van der Waals surface area (Å²) in [4.78, 5) is 0. The van der Waals surface area contributed by atoms with Crippen LogP contribution in [-0.2, 0) is 0 Å². The van der Waals surface area contributed by atoms with Crippen molar-refractivity contribution in [2.45, 2.75) is 83.7 Å². The summed E-state index contributed by atoms with van der Waals surface area (Å²) in [7, 11) is 0. The van der Waals surface area contributed by atoms with Crippen molar-refractivity contribution in [1.82, 2.24) is 0 Å². The molecule has 1 N–H and O–H groups in total. The fourth-order valence-electron chi connectivity index (χ4n) is 1.94. The number of rotatable bonds is 12. The number of hydrogen-bond donors (Lipinski definition) is 1. The molecule has 0 saturated heterocycles. The minimum Gasteiger partial charge on any atom is -0.396 e. The first kappa shape index (κ1) is 15.9. The summed E-state index contributed by atoms with van der Waals surface area (Å²) in [5.41, 5.74) is 0. The molecule has 0 aliphatic rings. The molecule has 0 bridgehead atoms. The molecule has 16 heavy (non-hydrogen) atoms. The van der Waals surface area contributed by atoms with Crippen molar-refractivity contribution in [1.29, 1.82) is 0 Å². The lowest BCUT2D eigenvalue weighted by Crippen LogP contribution is -2.00. The van der Waals surface area contributed by atoms with Crippen LogP contribution in [0.1, 0.15) is 77.6 Å². The van der Waals surface area contributed by atoms with Gasteiger partial charge in [0, 0.05) is 6.61 Å². The van der Waals surface area contributed by atoms with E-state index >= 15 is 0 Å². The second kappa shape index (κ2) is 13.0. The maximum Gasteiger partial charge on any atom is 0.100 e. The summed E-state index contributed by atoms with van der Waals surface area (Å²) in [6, 6.07) is 0. The number of aliphatic hydroxyl groups excluding tert-OH is 1. The fourth-order valence-corrected chi connectivity index (χ4v) is 1.94. The standard InChI is InChI=1S/C14H29FO/c1-2-3-4-5-6-7-8-11-14(15)12-9-10-13-16/h14,16H,2-13H2,1H3/t14-/m1/s1. The van der Waals surface area contributed by atoms with Gasteiger partial charge in [0.05, 0.1) is 0 Å². The van der Waals surface area contributed by atoms with Crippen LogP contribution in [0, 0.1) is 0 Å². The summed E-state index contributed by atoms with van der Waals surface area (Å²) in [6.45, 7) is 2.42. The Balaban J connectivity index is 3.06. The van der Waals surface area contributed by atoms with Crippen LogP contribution in [0.15, 0.2) is 0 Å². The Labute approximate surface area is 100 Å².